The van der Waals surface area contributed by atoms with E-state index in [4.69, 9.17) is 16.3 Å². The Hall–Kier alpha value is -1.92. The van der Waals surface area contributed by atoms with Gasteiger partial charge in [0.15, 0.2) is 0 Å². The lowest BCUT2D eigenvalue weighted by molar-refractivity contribution is 0.0950. The zero-order valence-corrected chi connectivity index (χ0v) is 11.8. The van der Waals surface area contributed by atoms with E-state index in [0.717, 1.165) is 5.69 Å². The Morgan fingerprint density at radius 2 is 2.30 bits per heavy atom. The molecule has 106 valence electrons. The summed E-state index contributed by atoms with van der Waals surface area (Å²) in [6.45, 7) is 1.66. The fourth-order valence-corrected chi connectivity index (χ4v) is 1.92. The van der Waals surface area contributed by atoms with Crippen LogP contribution < -0.4 is 5.32 Å². The van der Waals surface area contributed by atoms with Crippen molar-refractivity contribution in [3.8, 4) is 0 Å². The molecule has 0 fully saturated rings. The lowest BCUT2D eigenvalue weighted by atomic mass is 10.2. The van der Waals surface area contributed by atoms with Crippen LogP contribution in [0.5, 0.6) is 0 Å². The highest BCUT2D eigenvalue weighted by atomic mass is 35.5. The van der Waals surface area contributed by atoms with E-state index in [1.54, 1.807) is 25.7 Å². The van der Waals surface area contributed by atoms with Gasteiger partial charge in [0.2, 0.25) is 0 Å². The van der Waals surface area contributed by atoms with Gasteiger partial charge in [-0.2, -0.15) is 0 Å². The van der Waals surface area contributed by atoms with E-state index in [9.17, 15) is 4.79 Å². The molecular weight excluding hydrogens is 280 g/mol. The molecule has 2 aromatic rings. The summed E-state index contributed by atoms with van der Waals surface area (Å²) in [6, 6.07) is 1.58. The van der Waals surface area contributed by atoms with Gasteiger partial charge in [-0.25, -0.2) is 4.98 Å². The van der Waals surface area contributed by atoms with Gasteiger partial charge in [-0.15, -0.1) is 0 Å². The molecule has 20 heavy (non-hydrogen) atoms. The number of carbonyl (C=O) groups excluding carboxylic acids is 1. The fraction of sp³-hybridized carbons (Fsp3) is 0.308. The van der Waals surface area contributed by atoms with Gasteiger partial charge in [0, 0.05) is 32.2 Å². The van der Waals surface area contributed by atoms with Crippen molar-refractivity contribution < 1.29 is 9.53 Å². The number of amides is 1. The minimum atomic E-state index is -0.239. The molecule has 0 aliphatic carbocycles. The second kappa shape index (κ2) is 7.02. The largest absolute Gasteiger partial charge is 0.383 e. The van der Waals surface area contributed by atoms with Crippen molar-refractivity contribution in [2.45, 2.75) is 13.1 Å². The number of aromatic nitrogens is 3. The molecule has 0 spiro atoms. The maximum Gasteiger partial charge on any atom is 0.253 e. The van der Waals surface area contributed by atoms with Crippen molar-refractivity contribution in [1.29, 1.82) is 0 Å². The summed E-state index contributed by atoms with van der Waals surface area (Å²) in [5.74, 6) is -0.239. The first-order chi connectivity index (χ1) is 9.72. The highest BCUT2D eigenvalue weighted by Crippen LogP contribution is 2.13. The first-order valence-electron chi connectivity index (χ1n) is 6.08. The Balaban J connectivity index is 1.97. The van der Waals surface area contributed by atoms with E-state index >= 15 is 0 Å². The van der Waals surface area contributed by atoms with Crippen LogP contribution in [0.15, 0.2) is 31.0 Å². The number of nitrogens with one attached hydrogen (secondary N) is 1. The van der Waals surface area contributed by atoms with Gasteiger partial charge in [-0.1, -0.05) is 11.6 Å². The highest BCUT2D eigenvalue weighted by Gasteiger charge is 2.10. The molecule has 0 aromatic carbocycles. The Morgan fingerprint density at radius 3 is 3.05 bits per heavy atom. The third kappa shape index (κ3) is 3.55. The number of ether oxygens (including phenoxy) is 1. The average molecular weight is 295 g/mol. The molecule has 7 heteroatoms. The molecule has 0 bridgehead atoms. The molecule has 1 N–H and O–H groups in total. The normalized spacial score (nSPS) is 10.5. The molecule has 2 rings (SSSR count). The van der Waals surface area contributed by atoms with Gasteiger partial charge in [0.05, 0.1) is 35.8 Å². The highest BCUT2D eigenvalue weighted by molar-refractivity contribution is 6.33. The lowest BCUT2D eigenvalue weighted by Gasteiger charge is -2.09. The van der Waals surface area contributed by atoms with Crippen molar-refractivity contribution in [3.05, 3.63) is 47.3 Å². The standard InChI is InChI=1S/C13H15ClN4O2/c1-20-5-4-18-9-16-6-10(18)7-17-13(19)11-2-3-15-8-12(11)14/h2-3,6,8-9H,4-5,7H2,1H3,(H,17,19). The number of halogens is 1. The maximum absolute atomic E-state index is 12.0. The minimum absolute atomic E-state index is 0.239. The number of carbonyl (C=O) groups is 1. The summed E-state index contributed by atoms with van der Waals surface area (Å²) >= 11 is 5.92. The smallest absolute Gasteiger partial charge is 0.253 e. The molecule has 0 saturated heterocycles. The maximum atomic E-state index is 12.0. The van der Waals surface area contributed by atoms with Gasteiger partial charge in [-0.05, 0) is 6.07 Å². The van der Waals surface area contributed by atoms with Gasteiger partial charge < -0.3 is 14.6 Å². The molecule has 6 nitrogen and oxygen atoms in total. The van der Waals surface area contributed by atoms with E-state index in [1.807, 2.05) is 4.57 Å². The quantitative estimate of drug-likeness (QED) is 0.877. The summed E-state index contributed by atoms with van der Waals surface area (Å²) in [6.07, 6.45) is 6.40. The molecular formula is C13H15ClN4O2. The van der Waals surface area contributed by atoms with Crippen LogP contribution in [0.1, 0.15) is 16.1 Å². The Labute approximate surface area is 121 Å². The van der Waals surface area contributed by atoms with Crippen molar-refractivity contribution in [1.82, 2.24) is 19.9 Å². The van der Waals surface area contributed by atoms with Crippen molar-refractivity contribution in [2.24, 2.45) is 0 Å². The van der Waals surface area contributed by atoms with Crippen LogP contribution in [-0.4, -0.2) is 34.2 Å². The summed E-state index contributed by atoms with van der Waals surface area (Å²) in [5, 5.41) is 3.14. The van der Waals surface area contributed by atoms with E-state index < -0.39 is 0 Å². The zero-order chi connectivity index (χ0) is 14.4. The average Bonchev–Trinajstić information content (AvgIpc) is 2.90. The Kier molecular flexibility index (Phi) is 5.09. The molecule has 1 amide bonds. The number of hydrogen-bond donors (Lipinski definition) is 1. The molecule has 0 unspecified atom stereocenters. The third-order valence-corrected chi connectivity index (χ3v) is 3.08. The fourth-order valence-electron chi connectivity index (χ4n) is 1.71. The second-order valence-electron chi connectivity index (χ2n) is 4.11. The van der Waals surface area contributed by atoms with Crippen molar-refractivity contribution >= 4 is 17.5 Å². The number of hydrogen-bond acceptors (Lipinski definition) is 4. The van der Waals surface area contributed by atoms with Crippen LogP contribution in [0.2, 0.25) is 5.02 Å². The zero-order valence-electron chi connectivity index (χ0n) is 11.0. The molecule has 0 aliphatic rings. The number of rotatable bonds is 6. The predicted octanol–water partition coefficient (Wildman–Crippen LogP) is 1.51. The van der Waals surface area contributed by atoms with E-state index in [-0.39, 0.29) is 5.91 Å². The number of imidazole rings is 1. The summed E-state index contributed by atoms with van der Waals surface area (Å²) < 4.78 is 6.95. The minimum Gasteiger partial charge on any atom is -0.383 e. The lowest BCUT2D eigenvalue weighted by Crippen LogP contribution is -2.24. The number of nitrogens with zero attached hydrogens (tertiary/aromatic N) is 3. The topological polar surface area (TPSA) is 69.0 Å². The predicted molar refractivity (Wildman–Crippen MR) is 74.5 cm³/mol. The monoisotopic (exact) mass is 294 g/mol. The number of methoxy groups -OCH3 is 1. The van der Waals surface area contributed by atoms with Crippen LogP contribution in [-0.2, 0) is 17.8 Å². The molecule has 0 saturated carbocycles. The molecule has 0 atom stereocenters. The SMILES string of the molecule is COCCn1cncc1CNC(=O)c1ccncc1Cl. The van der Waals surface area contributed by atoms with Crippen LogP contribution >= 0.6 is 11.6 Å². The summed E-state index contributed by atoms with van der Waals surface area (Å²) in [5.41, 5.74) is 1.31. The van der Waals surface area contributed by atoms with Gasteiger partial charge in [0.25, 0.3) is 5.91 Å². The Bertz CT molecular complexity index is 585. The van der Waals surface area contributed by atoms with Gasteiger partial charge in [0.1, 0.15) is 0 Å². The van der Waals surface area contributed by atoms with E-state index in [2.05, 4.69) is 15.3 Å². The van der Waals surface area contributed by atoms with Crippen molar-refractivity contribution in [3.63, 3.8) is 0 Å². The van der Waals surface area contributed by atoms with Gasteiger partial charge >= 0.3 is 0 Å². The first kappa shape index (κ1) is 14.5. The molecule has 2 aromatic heterocycles. The first-order valence-corrected chi connectivity index (χ1v) is 6.46. The third-order valence-electron chi connectivity index (χ3n) is 2.78. The second-order valence-corrected chi connectivity index (χ2v) is 4.52. The van der Waals surface area contributed by atoms with E-state index in [0.29, 0.717) is 30.3 Å². The van der Waals surface area contributed by atoms with E-state index in [1.165, 1.54) is 12.4 Å². The van der Waals surface area contributed by atoms with Gasteiger partial charge in [-0.3, -0.25) is 9.78 Å². The number of pyridine rings is 1. The van der Waals surface area contributed by atoms with Crippen LogP contribution in [0, 0.1) is 0 Å². The van der Waals surface area contributed by atoms with Crippen LogP contribution in [0.4, 0.5) is 0 Å². The van der Waals surface area contributed by atoms with Crippen LogP contribution in [0.3, 0.4) is 0 Å². The Morgan fingerprint density at radius 1 is 1.45 bits per heavy atom. The van der Waals surface area contributed by atoms with Crippen LogP contribution in [0.25, 0.3) is 0 Å². The summed E-state index contributed by atoms with van der Waals surface area (Å²) in [4.78, 5) is 19.9. The van der Waals surface area contributed by atoms with Crippen molar-refractivity contribution in [2.75, 3.05) is 13.7 Å². The molecule has 0 radical (unpaired) electrons. The molecule has 2 heterocycles. The summed E-state index contributed by atoms with van der Waals surface area (Å²) in [7, 11) is 1.64. The molecule has 0 aliphatic heterocycles.